The van der Waals surface area contributed by atoms with E-state index in [2.05, 4.69) is 0 Å². The fourth-order valence-corrected chi connectivity index (χ4v) is 2.19. The molecule has 1 heterocycles. The Balaban J connectivity index is 2.49. The Bertz CT molecular complexity index is 529. The highest BCUT2D eigenvalue weighted by Crippen LogP contribution is 2.37. The molecule has 0 unspecified atom stereocenters. The predicted octanol–water partition coefficient (Wildman–Crippen LogP) is 2.66. The van der Waals surface area contributed by atoms with E-state index in [1.165, 1.54) is 6.92 Å². The van der Waals surface area contributed by atoms with E-state index >= 15 is 0 Å². The van der Waals surface area contributed by atoms with Crippen LogP contribution in [0.5, 0.6) is 11.5 Å². The molecule has 1 aliphatic rings. The fraction of sp³-hybridized carbons (Fsp3) is 0.429. The molecule has 0 spiro atoms. The van der Waals surface area contributed by atoms with Gasteiger partial charge in [-0.3, -0.25) is 9.59 Å². The van der Waals surface area contributed by atoms with Crippen LogP contribution in [0.15, 0.2) is 12.1 Å². The van der Waals surface area contributed by atoms with Crippen LogP contribution in [0.1, 0.15) is 43.1 Å². The zero-order valence-electron chi connectivity index (χ0n) is 11.0. The van der Waals surface area contributed by atoms with Crippen molar-refractivity contribution in [1.29, 1.82) is 0 Å². The smallest absolute Gasteiger partial charge is 0.308 e. The average molecular weight is 248 g/mol. The van der Waals surface area contributed by atoms with Gasteiger partial charge in [-0.25, -0.2) is 0 Å². The number of carbonyl (C=O) groups excluding carboxylic acids is 2. The van der Waals surface area contributed by atoms with Crippen LogP contribution in [0.3, 0.4) is 0 Å². The zero-order chi connectivity index (χ0) is 13.5. The lowest BCUT2D eigenvalue weighted by molar-refractivity contribution is -0.131. The number of fused-ring (bicyclic) bond motifs is 1. The molecule has 0 bridgehead atoms. The monoisotopic (exact) mass is 248 g/mol. The number of ketones is 1. The second kappa shape index (κ2) is 4.12. The van der Waals surface area contributed by atoms with Crippen LogP contribution < -0.4 is 9.47 Å². The van der Waals surface area contributed by atoms with Gasteiger partial charge in [0.2, 0.25) is 0 Å². The number of ether oxygens (including phenoxy) is 2. The van der Waals surface area contributed by atoms with Crippen molar-refractivity contribution in [2.24, 2.45) is 0 Å². The van der Waals surface area contributed by atoms with Gasteiger partial charge in [0.15, 0.2) is 5.78 Å². The van der Waals surface area contributed by atoms with Gasteiger partial charge in [-0.2, -0.15) is 0 Å². The van der Waals surface area contributed by atoms with Crippen molar-refractivity contribution in [3.05, 3.63) is 23.3 Å². The van der Waals surface area contributed by atoms with Gasteiger partial charge in [-0.1, -0.05) is 0 Å². The molecule has 0 N–H and O–H groups in total. The van der Waals surface area contributed by atoms with Crippen molar-refractivity contribution in [2.75, 3.05) is 0 Å². The number of carbonyl (C=O) groups is 2. The minimum absolute atomic E-state index is 0.0631. The van der Waals surface area contributed by atoms with Crippen molar-refractivity contribution in [3.63, 3.8) is 0 Å². The van der Waals surface area contributed by atoms with Crippen LogP contribution in [0.25, 0.3) is 0 Å². The predicted molar refractivity (Wildman–Crippen MR) is 66.1 cm³/mol. The van der Waals surface area contributed by atoms with E-state index < -0.39 is 11.6 Å². The quantitative estimate of drug-likeness (QED) is 0.566. The third-order valence-electron chi connectivity index (χ3n) is 2.79. The second-order valence-corrected chi connectivity index (χ2v) is 5.17. The molecule has 0 fully saturated rings. The van der Waals surface area contributed by atoms with E-state index in [0.717, 1.165) is 5.56 Å². The Labute approximate surface area is 106 Å². The van der Waals surface area contributed by atoms with Crippen LogP contribution in [0.2, 0.25) is 0 Å². The van der Waals surface area contributed by atoms with E-state index in [0.29, 0.717) is 23.5 Å². The Morgan fingerprint density at radius 2 is 2.06 bits per heavy atom. The number of benzene rings is 1. The minimum atomic E-state index is -0.522. The first kappa shape index (κ1) is 12.6. The molecular weight excluding hydrogens is 232 g/mol. The molecule has 0 amide bonds. The van der Waals surface area contributed by atoms with Gasteiger partial charge in [0.05, 0.1) is 12.0 Å². The lowest BCUT2D eigenvalue weighted by Crippen LogP contribution is -2.36. The third kappa shape index (κ3) is 2.37. The molecule has 2 rings (SSSR count). The SMILES string of the molecule is CC(=O)Oc1cc(C)c2c(c1)OC(C)(C)CC2=O. The molecule has 1 aliphatic heterocycles. The fourth-order valence-electron chi connectivity index (χ4n) is 2.19. The molecule has 0 radical (unpaired) electrons. The number of aryl methyl sites for hydroxylation is 1. The maximum absolute atomic E-state index is 12.1. The normalized spacial score (nSPS) is 16.8. The van der Waals surface area contributed by atoms with Crippen LogP contribution in [0.4, 0.5) is 0 Å². The summed E-state index contributed by atoms with van der Waals surface area (Å²) in [6.07, 6.45) is 0.355. The first-order valence-electron chi connectivity index (χ1n) is 5.84. The van der Waals surface area contributed by atoms with Gasteiger partial charge in [-0.15, -0.1) is 0 Å². The lowest BCUT2D eigenvalue weighted by Gasteiger charge is -2.32. The molecule has 0 aromatic heterocycles. The van der Waals surface area contributed by atoms with Gasteiger partial charge in [0.1, 0.15) is 17.1 Å². The molecule has 1 aromatic carbocycles. The van der Waals surface area contributed by atoms with Gasteiger partial charge in [0, 0.05) is 13.0 Å². The molecule has 0 aliphatic carbocycles. The van der Waals surface area contributed by atoms with E-state index in [1.54, 1.807) is 12.1 Å². The van der Waals surface area contributed by atoms with E-state index in [1.807, 2.05) is 20.8 Å². The maximum Gasteiger partial charge on any atom is 0.308 e. The highest BCUT2D eigenvalue weighted by Gasteiger charge is 2.33. The summed E-state index contributed by atoms with van der Waals surface area (Å²) in [5.74, 6) is 0.570. The molecule has 0 atom stereocenters. The summed E-state index contributed by atoms with van der Waals surface area (Å²) >= 11 is 0. The van der Waals surface area contributed by atoms with Crippen LogP contribution in [-0.4, -0.2) is 17.4 Å². The second-order valence-electron chi connectivity index (χ2n) is 5.17. The highest BCUT2D eigenvalue weighted by atomic mass is 16.5. The van der Waals surface area contributed by atoms with Crippen molar-refractivity contribution in [1.82, 2.24) is 0 Å². The number of hydrogen-bond donors (Lipinski definition) is 0. The van der Waals surface area contributed by atoms with Crippen LogP contribution in [-0.2, 0) is 4.79 Å². The minimum Gasteiger partial charge on any atom is -0.486 e. The molecule has 0 saturated carbocycles. The van der Waals surface area contributed by atoms with Crippen molar-refractivity contribution in [2.45, 2.75) is 39.7 Å². The molecule has 18 heavy (non-hydrogen) atoms. The number of Topliss-reactive ketones (excluding diaryl/α,β-unsaturated/α-hetero) is 1. The Hall–Kier alpha value is -1.84. The van der Waals surface area contributed by atoms with Gasteiger partial charge in [-0.05, 0) is 32.4 Å². The number of esters is 1. The highest BCUT2D eigenvalue weighted by molar-refractivity contribution is 6.01. The van der Waals surface area contributed by atoms with E-state index in [-0.39, 0.29) is 5.78 Å². The molecule has 96 valence electrons. The van der Waals surface area contributed by atoms with Gasteiger partial charge < -0.3 is 9.47 Å². The summed E-state index contributed by atoms with van der Waals surface area (Å²) in [6, 6.07) is 3.28. The topological polar surface area (TPSA) is 52.6 Å². The largest absolute Gasteiger partial charge is 0.486 e. The van der Waals surface area contributed by atoms with E-state index in [9.17, 15) is 9.59 Å². The van der Waals surface area contributed by atoms with Crippen LogP contribution in [0, 0.1) is 6.92 Å². The van der Waals surface area contributed by atoms with Gasteiger partial charge in [0.25, 0.3) is 0 Å². The van der Waals surface area contributed by atoms with Crippen LogP contribution >= 0.6 is 0 Å². The summed E-state index contributed by atoms with van der Waals surface area (Å²) in [6.45, 7) is 6.87. The third-order valence-corrected chi connectivity index (χ3v) is 2.79. The van der Waals surface area contributed by atoms with Crippen molar-refractivity contribution in [3.8, 4) is 11.5 Å². The summed E-state index contributed by atoms with van der Waals surface area (Å²) in [4.78, 5) is 23.0. The van der Waals surface area contributed by atoms with Crippen molar-refractivity contribution >= 4 is 11.8 Å². The van der Waals surface area contributed by atoms with Gasteiger partial charge >= 0.3 is 5.97 Å². The molecule has 0 saturated heterocycles. The average Bonchev–Trinajstić information content (AvgIpc) is 2.11. The summed E-state index contributed by atoms with van der Waals surface area (Å²) in [5.41, 5.74) is 0.834. The summed E-state index contributed by atoms with van der Waals surface area (Å²) < 4.78 is 10.8. The van der Waals surface area contributed by atoms with Crippen molar-refractivity contribution < 1.29 is 19.1 Å². The lowest BCUT2D eigenvalue weighted by atomic mass is 9.90. The molecule has 4 nitrogen and oxygen atoms in total. The molecule has 1 aromatic rings. The first-order valence-corrected chi connectivity index (χ1v) is 5.84. The number of rotatable bonds is 1. The Morgan fingerprint density at radius 3 is 2.67 bits per heavy atom. The summed E-state index contributed by atoms with van der Waals surface area (Å²) in [7, 11) is 0. The zero-order valence-corrected chi connectivity index (χ0v) is 11.0. The Kier molecular flexibility index (Phi) is 2.89. The summed E-state index contributed by atoms with van der Waals surface area (Å²) in [5, 5.41) is 0. The molecular formula is C14H16O4. The Morgan fingerprint density at radius 1 is 1.39 bits per heavy atom. The van der Waals surface area contributed by atoms with E-state index in [4.69, 9.17) is 9.47 Å². The molecule has 4 heteroatoms. The first-order chi connectivity index (χ1) is 8.28. The standard InChI is InChI=1S/C14H16O4/c1-8-5-10(17-9(2)15)6-12-13(8)11(16)7-14(3,4)18-12/h5-6H,7H2,1-4H3. The maximum atomic E-state index is 12.1. The number of hydrogen-bond acceptors (Lipinski definition) is 4.